The summed E-state index contributed by atoms with van der Waals surface area (Å²) >= 11 is 0. The molecule has 1 nitrogen and oxygen atoms in total. The topological polar surface area (TPSA) is 9.23 Å². The Hall–Kier alpha value is -2.89. The summed E-state index contributed by atoms with van der Waals surface area (Å²) in [7, 11) is 0. The third-order valence-electron chi connectivity index (χ3n) is 6.94. The molecule has 4 rings (SSSR count). The van der Waals surface area contributed by atoms with Crippen molar-refractivity contribution < 1.29 is 26.7 Å². The summed E-state index contributed by atoms with van der Waals surface area (Å²) < 4.78 is 77.9. The summed E-state index contributed by atoms with van der Waals surface area (Å²) in [5, 5.41) is 0. The second-order valence-corrected chi connectivity index (χ2v) is 9.35. The van der Waals surface area contributed by atoms with E-state index < -0.39 is 34.8 Å². The maximum atomic E-state index is 15.9. The highest BCUT2D eigenvalue weighted by Crippen LogP contribution is 2.45. The second kappa shape index (κ2) is 11.2. The Morgan fingerprint density at radius 3 is 2.06 bits per heavy atom. The maximum Gasteiger partial charge on any atom is 0.194 e. The molecule has 0 amide bonds. The molecule has 3 aromatic rings. The van der Waals surface area contributed by atoms with Gasteiger partial charge in [-0.05, 0) is 49.1 Å². The standard InChI is InChI=1S/C29H29F5O/c1-2-3-5-8-18-11-13-20(14-12-18)26-23(30)17-22(19-9-6-4-7-10-19)29(28(26)34)35-21-15-24(31)27(33)25(32)16-21/h4,6-7,9-10,15-18,20H,2-3,5,8,11-14H2,1H3. The SMILES string of the molecule is CCCCCC1CCC(c2c(F)cc(-c3ccccc3)c(Oc3cc(F)c(F)c(F)c3)c2F)CC1. The van der Waals surface area contributed by atoms with Crippen molar-refractivity contribution in [2.24, 2.45) is 5.92 Å². The molecule has 35 heavy (non-hydrogen) atoms. The van der Waals surface area contributed by atoms with Crippen LogP contribution in [0.4, 0.5) is 22.0 Å². The Bertz CT molecular complexity index is 1130. The average Bonchev–Trinajstić information content (AvgIpc) is 2.85. The monoisotopic (exact) mass is 488 g/mol. The minimum atomic E-state index is -1.64. The fourth-order valence-corrected chi connectivity index (χ4v) is 5.05. The zero-order valence-electron chi connectivity index (χ0n) is 19.7. The van der Waals surface area contributed by atoms with Crippen molar-refractivity contribution in [3.05, 3.63) is 83.2 Å². The van der Waals surface area contributed by atoms with Crippen LogP contribution in [0.15, 0.2) is 48.5 Å². The highest BCUT2D eigenvalue weighted by atomic mass is 19.2. The molecule has 0 atom stereocenters. The lowest BCUT2D eigenvalue weighted by atomic mass is 9.76. The van der Waals surface area contributed by atoms with Crippen molar-refractivity contribution >= 4 is 0 Å². The molecule has 1 aliphatic carbocycles. The molecule has 0 radical (unpaired) electrons. The van der Waals surface area contributed by atoms with E-state index in [0.717, 1.165) is 25.7 Å². The van der Waals surface area contributed by atoms with Gasteiger partial charge in [0.05, 0.1) is 0 Å². The second-order valence-electron chi connectivity index (χ2n) is 9.35. The zero-order chi connectivity index (χ0) is 24.9. The predicted molar refractivity (Wildman–Crippen MR) is 127 cm³/mol. The van der Waals surface area contributed by atoms with Gasteiger partial charge < -0.3 is 4.74 Å². The van der Waals surface area contributed by atoms with Crippen LogP contribution in [-0.2, 0) is 0 Å². The lowest BCUT2D eigenvalue weighted by Crippen LogP contribution is -2.16. The fourth-order valence-electron chi connectivity index (χ4n) is 5.05. The number of rotatable bonds is 8. The van der Waals surface area contributed by atoms with Crippen LogP contribution in [0.5, 0.6) is 11.5 Å². The van der Waals surface area contributed by atoms with Gasteiger partial charge in [0.1, 0.15) is 11.6 Å². The molecule has 6 heteroatoms. The number of hydrogen-bond donors (Lipinski definition) is 0. The van der Waals surface area contributed by atoms with Crippen LogP contribution < -0.4 is 4.74 Å². The van der Waals surface area contributed by atoms with Gasteiger partial charge in [-0.15, -0.1) is 0 Å². The van der Waals surface area contributed by atoms with E-state index in [1.807, 2.05) is 0 Å². The van der Waals surface area contributed by atoms with E-state index in [0.29, 0.717) is 36.5 Å². The van der Waals surface area contributed by atoms with Crippen LogP contribution in [0.3, 0.4) is 0 Å². The van der Waals surface area contributed by atoms with Gasteiger partial charge in [-0.3, -0.25) is 0 Å². The summed E-state index contributed by atoms with van der Waals surface area (Å²) in [5.41, 5.74) is 0.534. The molecule has 1 fully saturated rings. The molecule has 186 valence electrons. The quantitative estimate of drug-likeness (QED) is 0.174. The van der Waals surface area contributed by atoms with E-state index in [2.05, 4.69) is 6.92 Å². The summed E-state index contributed by atoms with van der Waals surface area (Å²) in [6.45, 7) is 2.16. The number of ether oxygens (including phenoxy) is 1. The van der Waals surface area contributed by atoms with Crippen molar-refractivity contribution in [3.63, 3.8) is 0 Å². The summed E-state index contributed by atoms with van der Waals surface area (Å²) in [4.78, 5) is 0. The fraction of sp³-hybridized carbons (Fsp3) is 0.379. The van der Waals surface area contributed by atoms with E-state index in [9.17, 15) is 13.2 Å². The van der Waals surface area contributed by atoms with Crippen molar-refractivity contribution in [2.45, 2.75) is 64.2 Å². The van der Waals surface area contributed by atoms with Crippen molar-refractivity contribution in [3.8, 4) is 22.6 Å². The van der Waals surface area contributed by atoms with Crippen LogP contribution in [0.25, 0.3) is 11.1 Å². The summed E-state index contributed by atoms with van der Waals surface area (Å²) in [5.74, 6) is -6.59. The molecule has 0 aliphatic heterocycles. The predicted octanol–water partition coefficient (Wildman–Crippen LogP) is 9.70. The van der Waals surface area contributed by atoms with E-state index >= 15 is 8.78 Å². The number of unbranched alkanes of at least 4 members (excludes halogenated alkanes) is 2. The number of hydrogen-bond acceptors (Lipinski definition) is 1. The molecule has 0 N–H and O–H groups in total. The van der Waals surface area contributed by atoms with Gasteiger partial charge in [0.2, 0.25) is 0 Å². The molecule has 1 saturated carbocycles. The lowest BCUT2D eigenvalue weighted by Gasteiger charge is -2.30. The summed E-state index contributed by atoms with van der Waals surface area (Å²) in [6, 6.07) is 11.0. The summed E-state index contributed by atoms with van der Waals surface area (Å²) in [6.07, 6.45) is 7.77. The molecule has 0 saturated heterocycles. The van der Waals surface area contributed by atoms with E-state index in [1.165, 1.54) is 18.9 Å². The van der Waals surface area contributed by atoms with Gasteiger partial charge in [0.15, 0.2) is 29.0 Å². The van der Waals surface area contributed by atoms with Crippen molar-refractivity contribution in [2.75, 3.05) is 0 Å². The van der Waals surface area contributed by atoms with Crippen LogP contribution >= 0.6 is 0 Å². The third-order valence-corrected chi connectivity index (χ3v) is 6.94. The Kier molecular flexibility index (Phi) is 8.09. The molecule has 0 aromatic heterocycles. The van der Waals surface area contributed by atoms with Gasteiger partial charge >= 0.3 is 0 Å². The smallest absolute Gasteiger partial charge is 0.194 e. The molecule has 1 aliphatic rings. The maximum absolute atomic E-state index is 15.9. The van der Waals surface area contributed by atoms with Crippen LogP contribution in [-0.4, -0.2) is 0 Å². The molecular weight excluding hydrogens is 459 g/mol. The van der Waals surface area contributed by atoms with Crippen molar-refractivity contribution in [1.82, 2.24) is 0 Å². The Morgan fingerprint density at radius 1 is 0.771 bits per heavy atom. The Labute approximate surface area is 202 Å². The van der Waals surface area contributed by atoms with Gasteiger partial charge in [0.25, 0.3) is 0 Å². The van der Waals surface area contributed by atoms with Crippen LogP contribution in [0, 0.1) is 35.0 Å². The molecule has 0 bridgehead atoms. The van der Waals surface area contributed by atoms with Gasteiger partial charge in [0, 0.05) is 23.3 Å². The Morgan fingerprint density at radius 2 is 1.43 bits per heavy atom. The average molecular weight is 489 g/mol. The first-order valence-electron chi connectivity index (χ1n) is 12.3. The first kappa shape index (κ1) is 25.2. The Balaban J connectivity index is 1.69. The van der Waals surface area contributed by atoms with Gasteiger partial charge in [-0.2, -0.15) is 0 Å². The molecular formula is C29H29F5O. The highest BCUT2D eigenvalue weighted by molar-refractivity contribution is 5.72. The normalized spacial score (nSPS) is 18.0. The van der Waals surface area contributed by atoms with Crippen molar-refractivity contribution in [1.29, 1.82) is 0 Å². The van der Waals surface area contributed by atoms with Crippen LogP contribution in [0.1, 0.15) is 69.8 Å². The molecule has 0 spiro atoms. The number of halogens is 5. The van der Waals surface area contributed by atoms with Gasteiger partial charge in [-0.25, -0.2) is 22.0 Å². The highest BCUT2D eigenvalue weighted by Gasteiger charge is 2.30. The molecule has 0 heterocycles. The largest absolute Gasteiger partial charge is 0.453 e. The van der Waals surface area contributed by atoms with Crippen LogP contribution in [0.2, 0.25) is 0 Å². The first-order chi connectivity index (χ1) is 16.9. The minimum Gasteiger partial charge on any atom is -0.453 e. The van der Waals surface area contributed by atoms with E-state index in [-0.39, 0.29) is 22.8 Å². The first-order valence-corrected chi connectivity index (χ1v) is 12.3. The lowest BCUT2D eigenvalue weighted by molar-refractivity contribution is 0.293. The van der Waals surface area contributed by atoms with E-state index in [1.54, 1.807) is 30.3 Å². The number of benzene rings is 3. The zero-order valence-corrected chi connectivity index (χ0v) is 19.7. The van der Waals surface area contributed by atoms with Gasteiger partial charge in [-0.1, -0.05) is 62.9 Å². The molecule has 0 unspecified atom stereocenters. The molecule has 3 aromatic carbocycles. The van der Waals surface area contributed by atoms with E-state index in [4.69, 9.17) is 4.74 Å². The minimum absolute atomic E-state index is 0.0604. The third kappa shape index (κ3) is 5.68.